The van der Waals surface area contributed by atoms with Crippen molar-refractivity contribution in [2.24, 2.45) is 5.10 Å². The average Bonchev–Trinajstić information content (AvgIpc) is 3.37. The Morgan fingerprint density at radius 3 is 2.11 bits per heavy atom. The van der Waals surface area contributed by atoms with E-state index in [1.54, 1.807) is 35.2 Å². The van der Waals surface area contributed by atoms with E-state index in [4.69, 9.17) is 12.2 Å². The van der Waals surface area contributed by atoms with Gasteiger partial charge in [-0.1, -0.05) is 18.2 Å². The molecule has 0 radical (unpaired) electrons. The smallest absolute Gasteiger partial charge is 0.335 e. The Hall–Kier alpha value is -3.74. The molecule has 0 saturated carbocycles. The molecule has 13 heteroatoms. The van der Waals surface area contributed by atoms with Crippen LogP contribution in [-0.4, -0.2) is 49.5 Å². The van der Waals surface area contributed by atoms with E-state index < -0.39 is 35.0 Å². The molecule has 194 valence electrons. The second-order valence-electron chi connectivity index (χ2n) is 8.46. The van der Waals surface area contributed by atoms with Crippen LogP contribution in [0.25, 0.3) is 16.9 Å². The van der Waals surface area contributed by atoms with Crippen LogP contribution in [0.1, 0.15) is 30.5 Å². The maximum Gasteiger partial charge on any atom is 0.416 e. The van der Waals surface area contributed by atoms with E-state index in [9.17, 15) is 31.1 Å². The van der Waals surface area contributed by atoms with Crippen LogP contribution in [0.4, 0.5) is 26.3 Å². The van der Waals surface area contributed by atoms with Crippen molar-refractivity contribution in [1.82, 2.24) is 19.7 Å². The molecule has 0 N–H and O–H groups in total. The Morgan fingerprint density at radius 1 is 1.00 bits per heavy atom. The summed E-state index contributed by atoms with van der Waals surface area (Å²) in [5.74, 6) is -0.426. The van der Waals surface area contributed by atoms with Gasteiger partial charge in [0.25, 0.3) is 5.91 Å². The van der Waals surface area contributed by atoms with Crippen LogP contribution < -0.4 is 0 Å². The molecule has 1 fully saturated rings. The number of rotatable bonds is 5. The highest BCUT2D eigenvalue weighted by molar-refractivity contribution is 7.80. The molecule has 0 aliphatic carbocycles. The van der Waals surface area contributed by atoms with Crippen LogP contribution in [0.2, 0.25) is 0 Å². The fraction of sp³-hybridized carbons (Fsp3) is 0.250. The van der Waals surface area contributed by atoms with Crippen molar-refractivity contribution >= 4 is 29.5 Å². The molecule has 2 aromatic carbocycles. The summed E-state index contributed by atoms with van der Waals surface area (Å²) in [4.78, 5) is 14.1. The number of thiocarbonyl (C=S) groups is 1. The number of hydrazone groups is 1. The van der Waals surface area contributed by atoms with Gasteiger partial charge in [-0.25, -0.2) is 4.68 Å². The third-order valence-electron chi connectivity index (χ3n) is 5.53. The van der Waals surface area contributed by atoms with Crippen molar-refractivity contribution in [3.8, 4) is 16.9 Å². The first kappa shape index (κ1) is 26.3. The number of para-hydroxylation sites is 1. The number of hydrogen-bond acceptors (Lipinski definition) is 4. The minimum absolute atomic E-state index is 0.00740. The predicted molar refractivity (Wildman–Crippen MR) is 128 cm³/mol. The van der Waals surface area contributed by atoms with Crippen LogP contribution in [0.15, 0.2) is 59.8 Å². The topological polar surface area (TPSA) is 53.7 Å². The third kappa shape index (κ3) is 5.50. The van der Waals surface area contributed by atoms with E-state index in [-0.39, 0.29) is 35.0 Å². The second-order valence-corrected chi connectivity index (χ2v) is 8.83. The molecule has 1 aromatic heterocycles. The first-order chi connectivity index (χ1) is 17.3. The lowest BCUT2D eigenvalue weighted by atomic mass is 10.0. The van der Waals surface area contributed by atoms with Gasteiger partial charge in [-0.3, -0.25) is 4.79 Å². The maximum atomic E-state index is 13.5. The first-order valence-corrected chi connectivity index (χ1v) is 11.3. The molecule has 0 atom stereocenters. The van der Waals surface area contributed by atoms with Gasteiger partial charge < -0.3 is 4.90 Å². The van der Waals surface area contributed by atoms with Gasteiger partial charge in [-0.15, -0.1) is 0 Å². The molecular formula is C24H19F6N5OS. The Bertz CT molecular complexity index is 1330. The summed E-state index contributed by atoms with van der Waals surface area (Å²) in [6.07, 6.45) is -7.52. The number of aromatic nitrogens is 2. The molecule has 3 aromatic rings. The normalized spacial score (nSPS) is 15.1. The molecule has 37 heavy (non-hydrogen) atoms. The summed E-state index contributed by atoms with van der Waals surface area (Å²) in [7, 11) is 0. The van der Waals surface area contributed by atoms with Crippen molar-refractivity contribution in [3.63, 3.8) is 0 Å². The SMILES string of the molecule is CC(C)N1CC(=O)N(/N=C\c2cn(-c3ccccc3)nc2-c2cc(C(F)(F)F)cc(C(F)(F)F)c2)C1=S. The standard InChI is InChI=1S/C24H19F6N5OS/c1-14(2)33-13-20(36)35(22(33)37)31-11-16-12-34(19-6-4-3-5-7-19)32-21(16)15-8-17(23(25,26)27)10-18(9-15)24(28,29)30/h3-12,14H,13H2,1-2H3/b31-11-. The van der Waals surface area contributed by atoms with E-state index in [2.05, 4.69) is 10.2 Å². The minimum Gasteiger partial charge on any atom is -0.335 e. The van der Waals surface area contributed by atoms with Crippen molar-refractivity contribution < 1.29 is 31.1 Å². The highest BCUT2D eigenvalue weighted by Crippen LogP contribution is 2.39. The fourth-order valence-corrected chi connectivity index (χ4v) is 4.08. The summed E-state index contributed by atoms with van der Waals surface area (Å²) in [6, 6.07) is 9.59. The molecule has 1 aliphatic heterocycles. The largest absolute Gasteiger partial charge is 0.416 e. The number of carbonyl (C=O) groups excluding carboxylic acids is 1. The third-order valence-corrected chi connectivity index (χ3v) is 5.94. The van der Waals surface area contributed by atoms with Crippen LogP contribution in [0.3, 0.4) is 0 Å². The van der Waals surface area contributed by atoms with Gasteiger partial charge in [0.1, 0.15) is 12.2 Å². The van der Waals surface area contributed by atoms with E-state index in [0.29, 0.717) is 17.8 Å². The van der Waals surface area contributed by atoms with Crippen LogP contribution in [0.5, 0.6) is 0 Å². The Kier molecular flexibility index (Phi) is 6.84. The molecule has 1 aliphatic rings. The van der Waals surface area contributed by atoms with Gasteiger partial charge in [-0.2, -0.15) is 41.6 Å². The lowest BCUT2D eigenvalue weighted by Gasteiger charge is -2.21. The van der Waals surface area contributed by atoms with Gasteiger partial charge in [0.15, 0.2) is 0 Å². The number of carbonyl (C=O) groups is 1. The molecular weight excluding hydrogens is 520 g/mol. The van der Waals surface area contributed by atoms with Crippen LogP contribution >= 0.6 is 12.2 Å². The van der Waals surface area contributed by atoms with Gasteiger partial charge >= 0.3 is 12.4 Å². The fourth-order valence-electron chi connectivity index (χ4n) is 3.66. The number of hydrogen-bond donors (Lipinski definition) is 0. The van der Waals surface area contributed by atoms with Crippen LogP contribution in [0, 0.1) is 0 Å². The molecule has 0 unspecified atom stereocenters. The molecule has 1 saturated heterocycles. The van der Waals surface area contributed by atoms with Gasteiger partial charge in [0.2, 0.25) is 5.11 Å². The second kappa shape index (κ2) is 9.61. The zero-order chi connectivity index (χ0) is 27.1. The van der Waals surface area contributed by atoms with E-state index in [1.165, 1.54) is 10.9 Å². The molecule has 1 amide bonds. The van der Waals surface area contributed by atoms with Gasteiger partial charge in [-0.05, 0) is 56.4 Å². The van der Waals surface area contributed by atoms with Gasteiger partial charge in [0.05, 0.1) is 23.0 Å². The molecule has 0 bridgehead atoms. The Labute approximate surface area is 212 Å². The van der Waals surface area contributed by atoms with Crippen molar-refractivity contribution in [2.45, 2.75) is 32.2 Å². The number of halogens is 6. The van der Waals surface area contributed by atoms with E-state index >= 15 is 0 Å². The summed E-state index contributed by atoms with van der Waals surface area (Å²) in [5.41, 5.74) is -2.98. The lowest BCUT2D eigenvalue weighted by Crippen LogP contribution is -2.34. The predicted octanol–water partition coefficient (Wildman–Crippen LogP) is 5.75. The first-order valence-electron chi connectivity index (χ1n) is 10.9. The summed E-state index contributed by atoms with van der Waals surface area (Å²) in [5, 5.41) is 9.47. The molecule has 6 nitrogen and oxygen atoms in total. The van der Waals surface area contributed by atoms with Crippen molar-refractivity contribution in [3.05, 3.63) is 71.4 Å². The Balaban J connectivity index is 1.85. The number of alkyl halides is 6. The Morgan fingerprint density at radius 2 is 1.59 bits per heavy atom. The molecule has 0 spiro atoms. The molecule has 4 rings (SSSR count). The highest BCUT2D eigenvalue weighted by Gasteiger charge is 2.38. The monoisotopic (exact) mass is 539 g/mol. The quantitative estimate of drug-likeness (QED) is 0.236. The number of nitrogens with zero attached hydrogens (tertiary/aromatic N) is 5. The highest BCUT2D eigenvalue weighted by atomic mass is 32.1. The van der Waals surface area contributed by atoms with Crippen molar-refractivity contribution in [1.29, 1.82) is 0 Å². The summed E-state index contributed by atoms with van der Waals surface area (Å²) in [6.45, 7) is 3.66. The average molecular weight is 540 g/mol. The van der Waals surface area contributed by atoms with E-state index in [0.717, 1.165) is 11.2 Å². The van der Waals surface area contributed by atoms with Crippen molar-refractivity contribution in [2.75, 3.05) is 6.54 Å². The number of benzene rings is 2. The van der Waals surface area contributed by atoms with Gasteiger partial charge in [0, 0.05) is 23.4 Å². The summed E-state index contributed by atoms with van der Waals surface area (Å²) < 4.78 is 82.2. The molecule has 2 heterocycles. The van der Waals surface area contributed by atoms with Crippen LogP contribution in [-0.2, 0) is 17.1 Å². The zero-order valence-corrected chi connectivity index (χ0v) is 20.2. The maximum absolute atomic E-state index is 13.5. The lowest BCUT2D eigenvalue weighted by molar-refractivity contribution is -0.143. The van der Waals surface area contributed by atoms with E-state index in [1.807, 2.05) is 13.8 Å². The summed E-state index contributed by atoms with van der Waals surface area (Å²) >= 11 is 5.30. The minimum atomic E-state index is -5.03. The zero-order valence-electron chi connectivity index (χ0n) is 19.4. The number of amides is 1.